The van der Waals surface area contributed by atoms with E-state index in [1.165, 1.54) is 13.3 Å². The van der Waals surface area contributed by atoms with E-state index in [1.54, 1.807) is 0 Å². The predicted molar refractivity (Wildman–Crippen MR) is 57.8 cm³/mol. The fourth-order valence-electron chi connectivity index (χ4n) is 1.20. The summed E-state index contributed by atoms with van der Waals surface area (Å²) in [6.07, 6.45) is -2.91. The van der Waals surface area contributed by atoms with Gasteiger partial charge in [0.1, 0.15) is 12.8 Å². The summed E-state index contributed by atoms with van der Waals surface area (Å²) in [5.74, 6) is 0. The van der Waals surface area contributed by atoms with Crippen molar-refractivity contribution in [2.24, 2.45) is 0 Å². The standard InChI is InChI=1S/C10H16F3N3O/c1-7(2)14-4-8-5-17-9(15-8)16(3)6-10(11,12)13/h5,7,14H,4,6H2,1-3H3. The first-order valence-corrected chi connectivity index (χ1v) is 5.23. The lowest BCUT2D eigenvalue weighted by Gasteiger charge is -2.16. The number of aromatic nitrogens is 1. The van der Waals surface area contributed by atoms with Crippen LogP contribution in [0, 0.1) is 0 Å². The molecule has 0 amide bonds. The smallest absolute Gasteiger partial charge is 0.406 e. The van der Waals surface area contributed by atoms with Crippen LogP contribution in [0.25, 0.3) is 0 Å². The number of alkyl halides is 3. The number of nitrogens with one attached hydrogen (secondary N) is 1. The van der Waals surface area contributed by atoms with Gasteiger partial charge in [0.15, 0.2) is 0 Å². The van der Waals surface area contributed by atoms with E-state index >= 15 is 0 Å². The van der Waals surface area contributed by atoms with Gasteiger partial charge in [-0.15, -0.1) is 0 Å². The van der Waals surface area contributed by atoms with Gasteiger partial charge < -0.3 is 14.6 Å². The van der Waals surface area contributed by atoms with Gasteiger partial charge >= 0.3 is 6.18 Å². The summed E-state index contributed by atoms with van der Waals surface area (Å²) in [5, 5.41) is 3.10. The number of oxazole rings is 1. The minimum absolute atomic E-state index is 0.0251. The van der Waals surface area contributed by atoms with Crippen LogP contribution in [0.2, 0.25) is 0 Å². The van der Waals surface area contributed by atoms with Crippen LogP contribution in [0.15, 0.2) is 10.7 Å². The van der Waals surface area contributed by atoms with Crippen LogP contribution in [-0.4, -0.2) is 30.8 Å². The van der Waals surface area contributed by atoms with Gasteiger partial charge in [0.05, 0.1) is 5.69 Å². The first-order chi connectivity index (χ1) is 7.78. The molecule has 1 aromatic heterocycles. The molecule has 0 aliphatic heterocycles. The fraction of sp³-hybridized carbons (Fsp3) is 0.700. The van der Waals surface area contributed by atoms with Crippen molar-refractivity contribution in [2.45, 2.75) is 32.6 Å². The van der Waals surface area contributed by atoms with E-state index < -0.39 is 12.7 Å². The highest BCUT2D eigenvalue weighted by Crippen LogP contribution is 2.20. The number of hydrogen-bond acceptors (Lipinski definition) is 4. The molecule has 1 aromatic rings. The zero-order chi connectivity index (χ0) is 13.1. The third kappa shape index (κ3) is 5.08. The van der Waals surface area contributed by atoms with Crippen molar-refractivity contribution < 1.29 is 17.6 Å². The molecular weight excluding hydrogens is 235 g/mol. The quantitative estimate of drug-likeness (QED) is 0.870. The lowest BCUT2D eigenvalue weighted by molar-refractivity contribution is -0.119. The Morgan fingerprint density at radius 1 is 1.47 bits per heavy atom. The minimum atomic E-state index is -4.26. The van der Waals surface area contributed by atoms with Crippen LogP contribution < -0.4 is 10.2 Å². The second-order valence-electron chi connectivity index (χ2n) is 4.13. The summed E-state index contributed by atoms with van der Waals surface area (Å²) in [5.41, 5.74) is 0.586. The van der Waals surface area contributed by atoms with Crippen LogP contribution in [0.4, 0.5) is 19.2 Å². The van der Waals surface area contributed by atoms with Crippen molar-refractivity contribution in [3.05, 3.63) is 12.0 Å². The second-order valence-corrected chi connectivity index (χ2v) is 4.13. The number of rotatable bonds is 5. The molecule has 0 radical (unpaired) electrons. The van der Waals surface area contributed by atoms with E-state index in [1.807, 2.05) is 13.8 Å². The molecule has 98 valence electrons. The zero-order valence-corrected chi connectivity index (χ0v) is 10.0. The van der Waals surface area contributed by atoms with E-state index in [9.17, 15) is 13.2 Å². The summed E-state index contributed by atoms with van der Waals surface area (Å²) >= 11 is 0. The van der Waals surface area contributed by atoms with Gasteiger partial charge in [0, 0.05) is 19.6 Å². The average Bonchev–Trinajstić information content (AvgIpc) is 2.60. The molecule has 17 heavy (non-hydrogen) atoms. The molecule has 0 unspecified atom stereocenters. The van der Waals surface area contributed by atoms with Gasteiger partial charge in [-0.05, 0) is 0 Å². The molecule has 1 heterocycles. The molecule has 0 bridgehead atoms. The molecule has 4 nitrogen and oxygen atoms in total. The van der Waals surface area contributed by atoms with Crippen molar-refractivity contribution in [1.82, 2.24) is 10.3 Å². The zero-order valence-electron chi connectivity index (χ0n) is 10.0. The maximum absolute atomic E-state index is 12.1. The van der Waals surface area contributed by atoms with Crippen molar-refractivity contribution >= 4 is 6.01 Å². The van der Waals surface area contributed by atoms with Crippen molar-refractivity contribution in [3.63, 3.8) is 0 Å². The first-order valence-electron chi connectivity index (χ1n) is 5.23. The molecule has 1 rings (SSSR count). The highest BCUT2D eigenvalue weighted by atomic mass is 19.4. The molecule has 0 aliphatic carbocycles. The van der Waals surface area contributed by atoms with Crippen LogP contribution in [0.5, 0.6) is 0 Å². The van der Waals surface area contributed by atoms with Gasteiger partial charge in [0.2, 0.25) is 0 Å². The van der Waals surface area contributed by atoms with E-state index in [-0.39, 0.29) is 12.1 Å². The minimum Gasteiger partial charge on any atom is -0.432 e. The molecule has 0 aromatic carbocycles. The normalized spacial score (nSPS) is 12.2. The Morgan fingerprint density at radius 2 is 2.12 bits per heavy atom. The van der Waals surface area contributed by atoms with Crippen LogP contribution in [0.1, 0.15) is 19.5 Å². The number of hydrogen-bond donors (Lipinski definition) is 1. The highest BCUT2D eigenvalue weighted by molar-refractivity contribution is 5.25. The third-order valence-electron chi connectivity index (χ3n) is 1.97. The Kier molecular flexibility index (Phi) is 4.39. The van der Waals surface area contributed by atoms with Crippen LogP contribution in [0.3, 0.4) is 0 Å². The van der Waals surface area contributed by atoms with Crippen LogP contribution >= 0.6 is 0 Å². The molecular formula is C10H16F3N3O. The lowest BCUT2D eigenvalue weighted by atomic mass is 10.4. The molecule has 0 saturated carbocycles. The first kappa shape index (κ1) is 13.8. The van der Waals surface area contributed by atoms with E-state index in [2.05, 4.69) is 10.3 Å². The van der Waals surface area contributed by atoms with Crippen LogP contribution in [-0.2, 0) is 6.54 Å². The monoisotopic (exact) mass is 251 g/mol. The Hall–Kier alpha value is -1.24. The predicted octanol–water partition coefficient (Wildman–Crippen LogP) is 2.17. The number of nitrogens with zero attached hydrogens (tertiary/aromatic N) is 2. The van der Waals surface area contributed by atoms with Gasteiger partial charge in [-0.2, -0.15) is 18.2 Å². The number of anilines is 1. The molecule has 0 atom stereocenters. The van der Waals surface area contributed by atoms with Gasteiger partial charge in [0.25, 0.3) is 6.01 Å². The molecule has 0 spiro atoms. The average molecular weight is 251 g/mol. The maximum Gasteiger partial charge on any atom is 0.406 e. The Labute approximate surface area is 97.8 Å². The van der Waals surface area contributed by atoms with Crippen molar-refractivity contribution in [2.75, 3.05) is 18.5 Å². The van der Waals surface area contributed by atoms with E-state index in [0.29, 0.717) is 12.2 Å². The lowest BCUT2D eigenvalue weighted by Crippen LogP contribution is -2.31. The summed E-state index contributed by atoms with van der Waals surface area (Å²) < 4.78 is 41.4. The Morgan fingerprint density at radius 3 is 2.65 bits per heavy atom. The fourth-order valence-corrected chi connectivity index (χ4v) is 1.20. The maximum atomic E-state index is 12.1. The van der Waals surface area contributed by atoms with Crippen molar-refractivity contribution in [3.8, 4) is 0 Å². The molecule has 0 aliphatic rings. The summed E-state index contributed by atoms with van der Waals surface area (Å²) in [7, 11) is 1.29. The second kappa shape index (κ2) is 5.39. The van der Waals surface area contributed by atoms with E-state index in [0.717, 1.165) is 4.90 Å². The van der Waals surface area contributed by atoms with E-state index in [4.69, 9.17) is 4.42 Å². The van der Waals surface area contributed by atoms with Gasteiger partial charge in [-0.25, -0.2) is 0 Å². The summed E-state index contributed by atoms with van der Waals surface area (Å²) in [6.45, 7) is 3.33. The summed E-state index contributed by atoms with van der Waals surface area (Å²) in [4.78, 5) is 4.89. The Balaban J connectivity index is 2.55. The SMILES string of the molecule is CC(C)NCc1coc(N(C)CC(F)(F)F)n1. The topological polar surface area (TPSA) is 41.3 Å². The van der Waals surface area contributed by atoms with Gasteiger partial charge in [-0.3, -0.25) is 0 Å². The van der Waals surface area contributed by atoms with Gasteiger partial charge in [-0.1, -0.05) is 13.8 Å². The molecule has 0 fully saturated rings. The molecule has 7 heteroatoms. The highest BCUT2D eigenvalue weighted by Gasteiger charge is 2.30. The number of halogens is 3. The summed E-state index contributed by atoms with van der Waals surface area (Å²) in [6, 6.07) is 0.255. The largest absolute Gasteiger partial charge is 0.432 e. The van der Waals surface area contributed by atoms with Crippen molar-refractivity contribution in [1.29, 1.82) is 0 Å². The third-order valence-corrected chi connectivity index (χ3v) is 1.97. The molecule has 1 N–H and O–H groups in total. The molecule has 0 saturated heterocycles. The Bertz CT molecular complexity index is 349.